The van der Waals surface area contributed by atoms with E-state index in [0.29, 0.717) is 55.8 Å². The van der Waals surface area contributed by atoms with Gasteiger partial charge in [-0.2, -0.15) is 0 Å². The van der Waals surface area contributed by atoms with E-state index >= 15 is 0 Å². The Morgan fingerprint density at radius 3 is 2.73 bits per heavy atom. The maximum atomic E-state index is 14.3. The molecule has 0 saturated carbocycles. The van der Waals surface area contributed by atoms with Crippen LogP contribution in [-0.4, -0.2) is 42.9 Å². The molecule has 1 fully saturated rings. The van der Waals surface area contributed by atoms with Gasteiger partial charge in [-0.15, -0.1) is 0 Å². The number of benzene rings is 2. The summed E-state index contributed by atoms with van der Waals surface area (Å²) in [5.74, 6) is -1.17. The monoisotopic (exact) mass is 516 g/mol. The molecular weight excluding hydrogens is 482 g/mol. The van der Waals surface area contributed by atoms with Crippen LogP contribution < -0.4 is 14.5 Å². The Balaban J connectivity index is 1.42. The number of quaternary nitrogens is 1. The van der Waals surface area contributed by atoms with E-state index < -0.39 is 23.5 Å². The zero-order chi connectivity index (χ0) is 26.7. The van der Waals surface area contributed by atoms with E-state index in [1.54, 1.807) is 20.1 Å². The van der Waals surface area contributed by atoms with Gasteiger partial charge in [-0.25, -0.2) is 8.78 Å². The van der Waals surface area contributed by atoms with E-state index in [1.165, 1.54) is 6.07 Å². The predicted molar refractivity (Wildman–Crippen MR) is 135 cm³/mol. The zero-order valence-corrected chi connectivity index (χ0v) is 21.4. The lowest BCUT2D eigenvalue weighted by Gasteiger charge is -2.40. The molecule has 0 radical (unpaired) electrons. The fraction of sp³-hybridized carbons (Fsp3) is 0.464. The third kappa shape index (κ3) is 5.88. The van der Waals surface area contributed by atoms with Gasteiger partial charge in [0.05, 0.1) is 18.6 Å². The summed E-state index contributed by atoms with van der Waals surface area (Å²) < 4.78 is 38.9. The van der Waals surface area contributed by atoms with Gasteiger partial charge < -0.3 is 29.8 Å². The third-order valence-electron chi connectivity index (χ3n) is 7.84. The minimum absolute atomic E-state index is 0.0196. The highest BCUT2D eigenvalue weighted by Crippen LogP contribution is 2.36. The number of halogens is 2. The molecule has 1 saturated heterocycles. The van der Waals surface area contributed by atoms with Crippen molar-refractivity contribution in [1.82, 2.24) is 4.90 Å². The number of rotatable bonds is 8. The standard InChI is InChI=1S/C28H34F2N2O5/c1-17(22-13-20(29)7-9-25(22)30)18(2)31-12-11-19(24(15-31)28(33)34)5-4-6-26-23-14-21(36-3)8-10-27(23)37-16-32(26)35/h7-10,13-14,19,24,26,32H,4-6,11-12,15-16H2,1-3H3,(H,33,34)/b18-17+. The Hall–Kier alpha value is -3.17. The van der Waals surface area contributed by atoms with Crippen LogP contribution in [0.15, 0.2) is 42.1 Å². The highest BCUT2D eigenvalue weighted by Gasteiger charge is 2.35. The van der Waals surface area contributed by atoms with Crippen molar-refractivity contribution in [1.29, 1.82) is 0 Å². The second-order valence-electron chi connectivity index (χ2n) is 9.92. The van der Waals surface area contributed by atoms with Crippen molar-refractivity contribution in [3.05, 3.63) is 70.1 Å². The molecule has 37 heavy (non-hydrogen) atoms. The second kappa shape index (κ2) is 11.5. The van der Waals surface area contributed by atoms with Crippen LogP contribution in [0.25, 0.3) is 5.57 Å². The van der Waals surface area contributed by atoms with Crippen molar-refractivity contribution in [2.24, 2.45) is 11.8 Å². The summed E-state index contributed by atoms with van der Waals surface area (Å²) in [4.78, 5) is 14.1. The summed E-state index contributed by atoms with van der Waals surface area (Å²) in [6.45, 7) is 4.52. The summed E-state index contributed by atoms with van der Waals surface area (Å²) in [7, 11) is 1.58. The Labute approximate surface area is 215 Å². The van der Waals surface area contributed by atoms with E-state index in [2.05, 4.69) is 0 Å². The summed E-state index contributed by atoms with van der Waals surface area (Å²) in [5, 5.41) is 22.6. The molecule has 7 nitrogen and oxygen atoms in total. The predicted octanol–water partition coefficient (Wildman–Crippen LogP) is 4.39. The molecule has 2 aliphatic rings. The average Bonchev–Trinajstić information content (AvgIpc) is 2.90. The number of carboxylic acids is 1. The lowest BCUT2D eigenvalue weighted by molar-refractivity contribution is -0.902. The number of methoxy groups -OCH3 is 1. The number of carboxylic acid groups (broad SMARTS) is 1. The molecule has 0 spiro atoms. The molecule has 0 amide bonds. The Bertz CT molecular complexity index is 1170. The largest absolute Gasteiger partial charge is 0.631 e. The fourth-order valence-corrected chi connectivity index (χ4v) is 5.53. The van der Waals surface area contributed by atoms with Gasteiger partial charge in [-0.05, 0) is 81.0 Å². The van der Waals surface area contributed by atoms with Crippen LogP contribution in [0.1, 0.15) is 56.7 Å². The molecule has 2 aromatic rings. The Kier molecular flexibility index (Phi) is 8.34. The number of hydrogen-bond acceptors (Lipinski definition) is 5. The third-order valence-corrected chi connectivity index (χ3v) is 7.84. The maximum Gasteiger partial charge on any atom is 0.308 e. The average molecular weight is 517 g/mol. The molecule has 0 bridgehead atoms. The molecule has 200 valence electrons. The molecule has 2 heterocycles. The summed E-state index contributed by atoms with van der Waals surface area (Å²) in [6, 6.07) is 8.52. The maximum absolute atomic E-state index is 14.3. The van der Waals surface area contributed by atoms with Crippen molar-refractivity contribution in [2.75, 3.05) is 26.9 Å². The van der Waals surface area contributed by atoms with Crippen LogP contribution in [0, 0.1) is 28.7 Å². The number of carbonyl (C=O) groups is 1. The number of piperidine rings is 1. The van der Waals surface area contributed by atoms with Crippen LogP contribution in [0.5, 0.6) is 11.5 Å². The summed E-state index contributed by atoms with van der Waals surface area (Å²) in [5.41, 5.74) is 2.34. The number of hydroxylamine groups is 2. The van der Waals surface area contributed by atoms with Crippen molar-refractivity contribution in [3.63, 3.8) is 0 Å². The van der Waals surface area contributed by atoms with E-state index in [4.69, 9.17) is 9.47 Å². The molecule has 2 aromatic carbocycles. The molecule has 4 atom stereocenters. The fourth-order valence-electron chi connectivity index (χ4n) is 5.53. The molecule has 9 heteroatoms. The molecule has 0 aromatic heterocycles. The van der Waals surface area contributed by atoms with Crippen molar-refractivity contribution < 1.29 is 33.2 Å². The highest BCUT2D eigenvalue weighted by molar-refractivity contribution is 5.71. The smallest absolute Gasteiger partial charge is 0.308 e. The van der Waals surface area contributed by atoms with Gasteiger partial charge in [-0.3, -0.25) is 4.79 Å². The van der Waals surface area contributed by atoms with Crippen LogP contribution >= 0.6 is 0 Å². The van der Waals surface area contributed by atoms with E-state index in [1.807, 2.05) is 24.0 Å². The van der Waals surface area contributed by atoms with Crippen LogP contribution in [0.3, 0.4) is 0 Å². The number of fused-ring (bicyclic) bond motifs is 1. The van der Waals surface area contributed by atoms with E-state index in [-0.39, 0.29) is 29.3 Å². The summed E-state index contributed by atoms with van der Waals surface area (Å²) in [6.07, 6.45) is 2.68. The first-order valence-corrected chi connectivity index (χ1v) is 12.6. The topological polar surface area (TPSA) is 86.5 Å². The van der Waals surface area contributed by atoms with Gasteiger partial charge in [0.2, 0.25) is 6.73 Å². The van der Waals surface area contributed by atoms with Gasteiger partial charge >= 0.3 is 5.97 Å². The first-order chi connectivity index (χ1) is 17.7. The first kappa shape index (κ1) is 26.9. The molecule has 2 N–H and O–H groups in total. The van der Waals surface area contributed by atoms with Gasteiger partial charge in [-0.1, -0.05) is 0 Å². The molecular formula is C28H34F2N2O5. The second-order valence-corrected chi connectivity index (χ2v) is 9.92. The van der Waals surface area contributed by atoms with Gasteiger partial charge in [0.1, 0.15) is 29.2 Å². The first-order valence-electron chi connectivity index (χ1n) is 12.6. The molecule has 2 aliphatic heterocycles. The van der Waals surface area contributed by atoms with E-state index in [0.717, 1.165) is 23.4 Å². The van der Waals surface area contributed by atoms with Crippen LogP contribution in [-0.2, 0) is 4.79 Å². The van der Waals surface area contributed by atoms with Crippen LogP contribution in [0.4, 0.5) is 8.78 Å². The quantitative estimate of drug-likeness (QED) is 0.506. The van der Waals surface area contributed by atoms with Gasteiger partial charge in [0, 0.05) is 30.8 Å². The number of nitrogens with zero attached hydrogens (tertiary/aromatic N) is 1. The molecule has 4 unspecified atom stereocenters. The number of likely N-dealkylation sites (tertiary alicyclic amines) is 1. The zero-order valence-electron chi connectivity index (χ0n) is 21.4. The molecule has 0 aliphatic carbocycles. The van der Waals surface area contributed by atoms with Crippen molar-refractivity contribution in [3.8, 4) is 11.5 Å². The molecule has 4 rings (SSSR count). The number of hydrogen-bond donors (Lipinski definition) is 2. The number of nitrogens with one attached hydrogen (secondary N) is 1. The summed E-state index contributed by atoms with van der Waals surface area (Å²) >= 11 is 0. The van der Waals surface area contributed by atoms with Gasteiger partial charge in [0.25, 0.3) is 0 Å². The minimum atomic E-state index is -0.866. The lowest BCUT2D eigenvalue weighted by atomic mass is 9.81. The number of aliphatic carboxylic acids is 1. The number of ether oxygens (including phenoxy) is 2. The van der Waals surface area contributed by atoms with E-state index in [9.17, 15) is 23.9 Å². The SMILES string of the molecule is COc1ccc2c(c1)C(CCCC1CCN(/C(C)=C(\C)c3cc(F)ccc3F)CC1C(=O)O)[NH+]([O-])CO2. The number of allylic oxidation sites excluding steroid dienone is 2. The normalized spacial score (nSPS) is 24.1. The Morgan fingerprint density at radius 2 is 2.00 bits per heavy atom. The van der Waals surface area contributed by atoms with Gasteiger partial charge in [0.15, 0.2) is 0 Å². The van der Waals surface area contributed by atoms with Crippen LogP contribution in [0.2, 0.25) is 0 Å². The van der Waals surface area contributed by atoms with Crippen molar-refractivity contribution >= 4 is 11.5 Å². The minimum Gasteiger partial charge on any atom is -0.631 e. The Morgan fingerprint density at radius 1 is 1.22 bits per heavy atom. The highest BCUT2D eigenvalue weighted by atomic mass is 19.1. The lowest BCUT2D eigenvalue weighted by Crippen LogP contribution is -3.09. The van der Waals surface area contributed by atoms with Crippen molar-refractivity contribution in [2.45, 2.75) is 45.6 Å².